The first-order valence-electron chi connectivity index (χ1n) is 7.72. The fraction of sp³-hybridized carbons (Fsp3) is 0.733. The minimum absolute atomic E-state index is 0.192. The Morgan fingerprint density at radius 1 is 1.28 bits per heavy atom. The molecular formula is C15H21F3N4O3. The van der Waals surface area contributed by atoms with Gasteiger partial charge in [0, 0.05) is 6.54 Å². The molecule has 1 unspecified atom stereocenters. The third-order valence-corrected chi connectivity index (χ3v) is 3.83. The van der Waals surface area contributed by atoms with Crippen molar-refractivity contribution in [1.29, 1.82) is 5.26 Å². The maximum Gasteiger partial charge on any atom is 0.471 e. The van der Waals surface area contributed by atoms with Crippen molar-refractivity contribution in [3.63, 3.8) is 0 Å². The van der Waals surface area contributed by atoms with Crippen LogP contribution in [0.1, 0.15) is 33.6 Å². The first-order chi connectivity index (χ1) is 11.4. The Labute approximate surface area is 143 Å². The molecule has 0 spiro atoms. The van der Waals surface area contributed by atoms with Crippen LogP contribution in [0.5, 0.6) is 0 Å². The smallest absolute Gasteiger partial charge is 0.341 e. The summed E-state index contributed by atoms with van der Waals surface area (Å²) in [5.74, 6) is -3.49. The average molecular weight is 362 g/mol. The molecule has 7 nitrogen and oxygen atoms in total. The van der Waals surface area contributed by atoms with Gasteiger partial charge in [-0.2, -0.15) is 18.4 Å². The second kappa shape index (κ2) is 7.72. The third-order valence-electron chi connectivity index (χ3n) is 3.83. The number of carbonyl (C=O) groups is 3. The van der Waals surface area contributed by atoms with E-state index in [2.05, 4.69) is 5.32 Å². The van der Waals surface area contributed by atoms with Crippen LogP contribution in [0.3, 0.4) is 0 Å². The van der Waals surface area contributed by atoms with Gasteiger partial charge in [-0.1, -0.05) is 20.8 Å². The number of nitrogens with one attached hydrogen (secondary N) is 2. The summed E-state index contributed by atoms with van der Waals surface area (Å²) < 4.78 is 37.7. The van der Waals surface area contributed by atoms with E-state index in [4.69, 9.17) is 5.26 Å². The van der Waals surface area contributed by atoms with Crippen LogP contribution in [0.25, 0.3) is 0 Å². The van der Waals surface area contributed by atoms with Gasteiger partial charge in [0.15, 0.2) is 0 Å². The van der Waals surface area contributed by atoms with Gasteiger partial charge in [0.25, 0.3) is 0 Å². The van der Waals surface area contributed by atoms with E-state index in [1.165, 1.54) is 25.7 Å². The van der Waals surface area contributed by atoms with Crippen molar-refractivity contribution in [2.75, 3.05) is 13.1 Å². The minimum Gasteiger partial charge on any atom is -0.341 e. The first kappa shape index (κ1) is 20.7. The molecule has 2 atom stereocenters. The Morgan fingerprint density at radius 2 is 1.88 bits per heavy atom. The standard InChI is InChI=1S/C15H21F3N4O3/c1-14(2,3)10(21-13(25)15(16,17)18)12(24)22-8-4-5-9(22)11(23)20-7-6-19/h9-10H,4-5,7-8H2,1-3H3,(H,20,23)(H,21,25)/t9?,10-/m1/s1. The Kier molecular flexibility index (Phi) is 6.40. The summed E-state index contributed by atoms with van der Waals surface area (Å²) in [7, 11) is 0. The van der Waals surface area contributed by atoms with Crippen molar-refractivity contribution in [1.82, 2.24) is 15.5 Å². The van der Waals surface area contributed by atoms with Crippen LogP contribution < -0.4 is 10.6 Å². The number of nitrogens with zero attached hydrogens (tertiary/aromatic N) is 2. The van der Waals surface area contributed by atoms with Crippen LogP contribution in [0.2, 0.25) is 0 Å². The molecule has 0 aromatic carbocycles. The highest BCUT2D eigenvalue weighted by molar-refractivity contribution is 5.94. The molecule has 1 aliphatic heterocycles. The van der Waals surface area contributed by atoms with Gasteiger partial charge in [-0.15, -0.1) is 0 Å². The maximum atomic E-state index is 12.7. The summed E-state index contributed by atoms with van der Waals surface area (Å²) in [5.41, 5.74) is -0.992. The normalized spacial score (nSPS) is 19.1. The predicted octanol–water partition coefficient (Wildman–Crippen LogP) is 0.710. The summed E-state index contributed by atoms with van der Waals surface area (Å²) in [6.07, 6.45) is -4.27. The van der Waals surface area contributed by atoms with E-state index in [-0.39, 0.29) is 13.1 Å². The molecule has 140 valence electrons. The van der Waals surface area contributed by atoms with Crippen molar-refractivity contribution >= 4 is 17.7 Å². The molecule has 1 saturated heterocycles. The molecule has 1 aliphatic rings. The second-order valence-corrected chi connectivity index (χ2v) is 6.84. The van der Waals surface area contributed by atoms with Crippen molar-refractivity contribution in [3.05, 3.63) is 0 Å². The largest absolute Gasteiger partial charge is 0.471 e. The molecule has 0 bridgehead atoms. The molecule has 0 radical (unpaired) electrons. The summed E-state index contributed by atoms with van der Waals surface area (Å²) in [6.45, 7) is 4.52. The minimum atomic E-state index is -5.11. The molecule has 0 aliphatic carbocycles. The first-order valence-corrected chi connectivity index (χ1v) is 7.72. The Hall–Kier alpha value is -2.31. The van der Waals surface area contributed by atoms with Crippen LogP contribution in [-0.2, 0) is 14.4 Å². The summed E-state index contributed by atoms with van der Waals surface area (Å²) in [5, 5.41) is 12.6. The van der Waals surface area contributed by atoms with Gasteiger partial charge in [-0.3, -0.25) is 14.4 Å². The van der Waals surface area contributed by atoms with Gasteiger partial charge in [0.1, 0.15) is 18.6 Å². The zero-order valence-electron chi connectivity index (χ0n) is 14.2. The average Bonchev–Trinajstić information content (AvgIpc) is 2.96. The highest BCUT2D eigenvalue weighted by Gasteiger charge is 2.46. The van der Waals surface area contributed by atoms with Gasteiger partial charge >= 0.3 is 12.1 Å². The zero-order chi connectivity index (χ0) is 19.4. The Bertz CT molecular complexity index is 578. The van der Waals surface area contributed by atoms with Crippen molar-refractivity contribution < 1.29 is 27.6 Å². The molecule has 2 N–H and O–H groups in total. The number of rotatable bonds is 4. The lowest BCUT2D eigenvalue weighted by molar-refractivity contribution is -0.176. The zero-order valence-corrected chi connectivity index (χ0v) is 14.2. The fourth-order valence-electron chi connectivity index (χ4n) is 2.57. The molecule has 1 rings (SSSR count). The molecule has 0 saturated carbocycles. The molecular weight excluding hydrogens is 341 g/mol. The number of amides is 3. The number of hydrogen-bond acceptors (Lipinski definition) is 4. The second-order valence-electron chi connectivity index (χ2n) is 6.84. The van der Waals surface area contributed by atoms with E-state index >= 15 is 0 Å². The molecule has 0 aromatic heterocycles. The molecule has 0 aromatic rings. The van der Waals surface area contributed by atoms with E-state index < -0.39 is 41.4 Å². The van der Waals surface area contributed by atoms with Gasteiger partial charge in [0.05, 0.1) is 6.07 Å². The number of likely N-dealkylation sites (tertiary alicyclic amines) is 1. The van der Waals surface area contributed by atoms with Gasteiger partial charge in [0.2, 0.25) is 11.8 Å². The highest BCUT2D eigenvalue weighted by atomic mass is 19.4. The van der Waals surface area contributed by atoms with Crippen molar-refractivity contribution in [2.24, 2.45) is 5.41 Å². The lowest BCUT2D eigenvalue weighted by Gasteiger charge is -2.35. The highest BCUT2D eigenvalue weighted by Crippen LogP contribution is 2.27. The maximum absolute atomic E-state index is 12.7. The molecule has 10 heteroatoms. The summed E-state index contributed by atoms with van der Waals surface area (Å²) >= 11 is 0. The van der Waals surface area contributed by atoms with E-state index in [1.807, 2.05) is 0 Å². The van der Waals surface area contributed by atoms with Gasteiger partial charge < -0.3 is 15.5 Å². The molecule has 3 amide bonds. The summed E-state index contributed by atoms with van der Waals surface area (Å²) in [4.78, 5) is 37.2. The lowest BCUT2D eigenvalue weighted by atomic mass is 9.85. The molecule has 25 heavy (non-hydrogen) atoms. The van der Waals surface area contributed by atoms with Crippen LogP contribution >= 0.6 is 0 Å². The SMILES string of the molecule is CC(C)(C)[C@H](NC(=O)C(F)(F)F)C(=O)N1CCCC1C(=O)NCC#N. The lowest BCUT2D eigenvalue weighted by Crippen LogP contribution is -2.59. The Morgan fingerprint density at radius 3 is 2.36 bits per heavy atom. The molecule has 1 fully saturated rings. The fourth-order valence-corrected chi connectivity index (χ4v) is 2.57. The number of halogens is 3. The van der Waals surface area contributed by atoms with E-state index in [9.17, 15) is 27.6 Å². The van der Waals surface area contributed by atoms with Crippen molar-refractivity contribution in [3.8, 4) is 6.07 Å². The van der Waals surface area contributed by atoms with Crippen LogP contribution in [0.4, 0.5) is 13.2 Å². The quantitative estimate of drug-likeness (QED) is 0.719. The summed E-state index contributed by atoms with van der Waals surface area (Å²) in [6, 6.07) is -0.568. The Balaban J connectivity index is 2.99. The monoisotopic (exact) mass is 362 g/mol. The van der Waals surface area contributed by atoms with Gasteiger partial charge in [-0.05, 0) is 18.3 Å². The van der Waals surface area contributed by atoms with E-state index in [0.717, 1.165) is 0 Å². The number of carbonyl (C=O) groups excluding carboxylic acids is 3. The predicted molar refractivity (Wildman–Crippen MR) is 80.8 cm³/mol. The van der Waals surface area contributed by atoms with E-state index in [1.54, 1.807) is 11.4 Å². The number of nitriles is 1. The van der Waals surface area contributed by atoms with Crippen LogP contribution in [-0.4, -0.2) is 54.0 Å². The molecule has 1 heterocycles. The van der Waals surface area contributed by atoms with Crippen LogP contribution in [0, 0.1) is 16.7 Å². The number of alkyl halides is 3. The van der Waals surface area contributed by atoms with Crippen LogP contribution in [0.15, 0.2) is 0 Å². The van der Waals surface area contributed by atoms with Crippen molar-refractivity contribution in [2.45, 2.75) is 51.9 Å². The van der Waals surface area contributed by atoms with E-state index in [0.29, 0.717) is 12.8 Å². The number of hydrogen-bond donors (Lipinski definition) is 2. The topological polar surface area (TPSA) is 102 Å². The van der Waals surface area contributed by atoms with Gasteiger partial charge in [-0.25, -0.2) is 0 Å². The third kappa shape index (κ3) is 5.34.